The molecule has 0 bridgehead atoms. The first kappa shape index (κ1) is 15.8. The molecular formula is C16H20ClNO3. The van der Waals surface area contributed by atoms with Gasteiger partial charge in [-0.15, -0.1) is 0 Å². The smallest absolute Gasteiger partial charge is 0.308 e. The largest absolute Gasteiger partial charge is 0.469 e. The number of carbonyl (C=O) groups excluding carboxylic acids is 2. The maximum absolute atomic E-state index is 12.2. The molecule has 21 heavy (non-hydrogen) atoms. The SMILES string of the molecule is COC(=O)C1CCN(C(=O)CCc2ccccc2Cl)CC1. The summed E-state index contributed by atoms with van der Waals surface area (Å²) in [6.45, 7) is 1.25. The fourth-order valence-electron chi connectivity index (χ4n) is 2.63. The molecule has 0 radical (unpaired) electrons. The number of methoxy groups -OCH3 is 1. The van der Waals surface area contributed by atoms with E-state index in [9.17, 15) is 9.59 Å². The molecule has 1 heterocycles. The van der Waals surface area contributed by atoms with Gasteiger partial charge in [-0.2, -0.15) is 0 Å². The number of piperidine rings is 1. The summed E-state index contributed by atoms with van der Waals surface area (Å²) in [5.74, 6) is -0.112. The average Bonchev–Trinajstić information content (AvgIpc) is 2.53. The summed E-state index contributed by atoms with van der Waals surface area (Å²) in [7, 11) is 1.41. The lowest BCUT2D eigenvalue weighted by atomic mass is 9.96. The van der Waals surface area contributed by atoms with E-state index in [1.807, 2.05) is 29.2 Å². The summed E-state index contributed by atoms with van der Waals surface area (Å²) >= 11 is 6.09. The minimum Gasteiger partial charge on any atom is -0.469 e. The normalized spacial score (nSPS) is 15.8. The van der Waals surface area contributed by atoms with Crippen LogP contribution in [-0.2, 0) is 20.7 Å². The second kappa shape index (κ2) is 7.46. The summed E-state index contributed by atoms with van der Waals surface area (Å²) in [4.78, 5) is 25.5. The number of aryl methyl sites for hydroxylation is 1. The topological polar surface area (TPSA) is 46.6 Å². The van der Waals surface area contributed by atoms with E-state index >= 15 is 0 Å². The quantitative estimate of drug-likeness (QED) is 0.803. The number of ether oxygens (including phenoxy) is 1. The molecule has 1 aromatic rings. The summed E-state index contributed by atoms with van der Waals surface area (Å²) in [5, 5.41) is 0.703. The van der Waals surface area contributed by atoms with Crippen molar-refractivity contribution < 1.29 is 14.3 Å². The van der Waals surface area contributed by atoms with Gasteiger partial charge in [-0.05, 0) is 30.9 Å². The highest BCUT2D eigenvalue weighted by Gasteiger charge is 2.27. The van der Waals surface area contributed by atoms with E-state index in [4.69, 9.17) is 16.3 Å². The van der Waals surface area contributed by atoms with Gasteiger partial charge >= 0.3 is 5.97 Å². The van der Waals surface area contributed by atoms with E-state index in [0.717, 1.165) is 5.56 Å². The highest BCUT2D eigenvalue weighted by molar-refractivity contribution is 6.31. The Morgan fingerprint density at radius 2 is 1.95 bits per heavy atom. The van der Waals surface area contributed by atoms with Crippen molar-refractivity contribution >= 4 is 23.5 Å². The second-order valence-corrected chi connectivity index (χ2v) is 5.68. The monoisotopic (exact) mass is 309 g/mol. The van der Waals surface area contributed by atoms with E-state index < -0.39 is 0 Å². The van der Waals surface area contributed by atoms with E-state index in [2.05, 4.69) is 0 Å². The molecule has 0 unspecified atom stereocenters. The molecule has 1 amide bonds. The maximum Gasteiger partial charge on any atom is 0.308 e. The van der Waals surface area contributed by atoms with Gasteiger partial charge < -0.3 is 9.64 Å². The lowest BCUT2D eigenvalue weighted by molar-refractivity contribution is -0.148. The first-order valence-electron chi connectivity index (χ1n) is 7.21. The van der Waals surface area contributed by atoms with Crippen LogP contribution in [0.4, 0.5) is 0 Å². The van der Waals surface area contributed by atoms with Crippen molar-refractivity contribution in [3.8, 4) is 0 Å². The Balaban J connectivity index is 1.80. The number of likely N-dealkylation sites (tertiary alicyclic amines) is 1. The number of halogens is 1. The molecule has 1 fully saturated rings. The Kier molecular flexibility index (Phi) is 5.62. The third kappa shape index (κ3) is 4.21. The van der Waals surface area contributed by atoms with Crippen LogP contribution in [0.15, 0.2) is 24.3 Å². The van der Waals surface area contributed by atoms with Crippen LogP contribution >= 0.6 is 11.6 Å². The van der Waals surface area contributed by atoms with Gasteiger partial charge in [0.2, 0.25) is 5.91 Å². The molecule has 1 aromatic carbocycles. The van der Waals surface area contributed by atoms with Crippen LogP contribution in [0.2, 0.25) is 5.02 Å². The minimum atomic E-state index is -0.168. The van der Waals surface area contributed by atoms with Crippen molar-refractivity contribution in [3.63, 3.8) is 0 Å². The van der Waals surface area contributed by atoms with Crippen LogP contribution in [0, 0.1) is 5.92 Å². The van der Waals surface area contributed by atoms with Gasteiger partial charge in [0.25, 0.3) is 0 Å². The van der Waals surface area contributed by atoms with Crippen molar-refractivity contribution in [1.29, 1.82) is 0 Å². The minimum absolute atomic E-state index is 0.0670. The molecule has 0 atom stereocenters. The van der Waals surface area contributed by atoms with Crippen LogP contribution in [0.3, 0.4) is 0 Å². The number of benzene rings is 1. The van der Waals surface area contributed by atoms with E-state index in [1.54, 1.807) is 0 Å². The summed E-state index contributed by atoms with van der Waals surface area (Å²) < 4.78 is 4.75. The first-order valence-corrected chi connectivity index (χ1v) is 7.58. The molecule has 114 valence electrons. The van der Waals surface area contributed by atoms with Crippen molar-refractivity contribution in [2.24, 2.45) is 5.92 Å². The van der Waals surface area contributed by atoms with Crippen LogP contribution in [-0.4, -0.2) is 37.0 Å². The Labute approximate surface area is 130 Å². The molecule has 0 aromatic heterocycles. The third-order valence-electron chi connectivity index (χ3n) is 3.95. The Hall–Kier alpha value is -1.55. The lowest BCUT2D eigenvalue weighted by Gasteiger charge is -2.30. The Morgan fingerprint density at radius 1 is 1.29 bits per heavy atom. The molecule has 0 saturated carbocycles. The highest BCUT2D eigenvalue weighted by atomic mass is 35.5. The lowest BCUT2D eigenvalue weighted by Crippen LogP contribution is -2.40. The first-order chi connectivity index (χ1) is 10.1. The number of rotatable bonds is 4. The predicted octanol–water partition coefficient (Wildman–Crippen LogP) is 2.68. The molecule has 5 heteroatoms. The molecule has 1 saturated heterocycles. The molecule has 4 nitrogen and oxygen atoms in total. The highest BCUT2D eigenvalue weighted by Crippen LogP contribution is 2.21. The van der Waals surface area contributed by atoms with E-state index in [-0.39, 0.29) is 17.8 Å². The second-order valence-electron chi connectivity index (χ2n) is 5.27. The number of carbonyl (C=O) groups is 2. The molecule has 0 spiro atoms. The number of hydrogen-bond donors (Lipinski definition) is 0. The van der Waals surface area contributed by atoms with Crippen LogP contribution in [0.1, 0.15) is 24.8 Å². The van der Waals surface area contributed by atoms with Crippen molar-refractivity contribution in [1.82, 2.24) is 4.90 Å². The van der Waals surface area contributed by atoms with Crippen LogP contribution < -0.4 is 0 Å². The van der Waals surface area contributed by atoms with Gasteiger partial charge in [-0.1, -0.05) is 29.8 Å². The number of esters is 1. The zero-order valence-corrected chi connectivity index (χ0v) is 12.9. The van der Waals surface area contributed by atoms with E-state index in [0.29, 0.717) is 43.8 Å². The van der Waals surface area contributed by atoms with Crippen LogP contribution in [0.25, 0.3) is 0 Å². The zero-order valence-electron chi connectivity index (χ0n) is 12.2. The van der Waals surface area contributed by atoms with Crippen molar-refractivity contribution in [3.05, 3.63) is 34.9 Å². The van der Waals surface area contributed by atoms with Gasteiger partial charge in [0, 0.05) is 24.5 Å². The molecule has 1 aliphatic heterocycles. The number of amides is 1. The summed E-state index contributed by atoms with van der Waals surface area (Å²) in [6.07, 6.45) is 2.47. The molecule has 0 N–H and O–H groups in total. The zero-order chi connectivity index (χ0) is 15.2. The fourth-order valence-corrected chi connectivity index (χ4v) is 2.86. The molecule has 0 aliphatic carbocycles. The summed E-state index contributed by atoms with van der Waals surface area (Å²) in [6, 6.07) is 7.58. The average molecular weight is 310 g/mol. The Bertz CT molecular complexity index is 510. The van der Waals surface area contributed by atoms with Gasteiger partial charge in [0.05, 0.1) is 13.0 Å². The fraction of sp³-hybridized carbons (Fsp3) is 0.500. The number of nitrogens with zero attached hydrogens (tertiary/aromatic N) is 1. The molecule has 2 rings (SSSR count). The Morgan fingerprint density at radius 3 is 2.57 bits per heavy atom. The van der Waals surface area contributed by atoms with Gasteiger partial charge in [0.15, 0.2) is 0 Å². The molecule has 1 aliphatic rings. The van der Waals surface area contributed by atoms with Gasteiger partial charge in [-0.3, -0.25) is 9.59 Å². The standard InChI is InChI=1S/C16H20ClNO3/c1-21-16(20)13-8-10-18(11-9-13)15(19)7-6-12-4-2-3-5-14(12)17/h2-5,13H,6-11H2,1H3. The van der Waals surface area contributed by atoms with Crippen LogP contribution in [0.5, 0.6) is 0 Å². The predicted molar refractivity (Wildman–Crippen MR) is 81.1 cm³/mol. The van der Waals surface area contributed by atoms with Gasteiger partial charge in [0.1, 0.15) is 0 Å². The van der Waals surface area contributed by atoms with Gasteiger partial charge in [-0.25, -0.2) is 0 Å². The maximum atomic E-state index is 12.2. The van der Waals surface area contributed by atoms with E-state index in [1.165, 1.54) is 7.11 Å². The number of hydrogen-bond acceptors (Lipinski definition) is 3. The van der Waals surface area contributed by atoms with Crippen molar-refractivity contribution in [2.75, 3.05) is 20.2 Å². The molecular weight excluding hydrogens is 290 g/mol. The summed E-state index contributed by atoms with van der Waals surface area (Å²) in [5.41, 5.74) is 0.997. The third-order valence-corrected chi connectivity index (χ3v) is 4.32. The van der Waals surface area contributed by atoms with Crippen molar-refractivity contribution in [2.45, 2.75) is 25.7 Å².